The molecule has 0 aliphatic carbocycles. The average molecular weight is 246 g/mol. The molecule has 1 heterocycles. The number of aromatic nitrogens is 1. The van der Waals surface area contributed by atoms with Crippen LogP contribution in [0.25, 0.3) is 10.9 Å². The first-order chi connectivity index (χ1) is 8.56. The Labute approximate surface area is 102 Å². The van der Waals surface area contributed by atoms with Crippen LogP contribution in [-0.2, 0) is 0 Å². The summed E-state index contributed by atoms with van der Waals surface area (Å²) < 4.78 is 1.08. The van der Waals surface area contributed by atoms with Gasteiger partial charge in [-0.2, -0.15) is 5.53 Å². The number of carbonyl (C=O) groups is 2. The number of aromatic hydroxyl groups is 1. The van der Waals surface area contributed by atoms with Crippen molar-refractivity contribution in [2.45, 2.75) is 6.92 Å². The first-order valence-electron chi connectivity index (χ1n) is 5.08. The molecule has 2 rings (SSSR count). The lowest BCUT2D eigenvalue weighted by atomic mass is 10.2. The number of anilines is 1. The van der Waals surface area contributed by atoms with Crippen LogP contribution in [0.4, 0.5) is 10.5 Å². The van der Waals surface area contributed by atoms with Crippen molar-refractivity contribution in [1.82, 2.24) is 4.57 Å². The molecule has 0 radical (unpaired) electrons. The van der Waals surface area contributed by atoms with Crippen molar-refractivity contribution in [2.75, 3.05) is 5.32 Å². The standard InChI is InChI=1S/C11H10N4O3/c1-6(16)15-8-5-3-2-4-7(8)9(10(15)17)13-11(18)14-12/h2-5,12,17H,1H3,(H,13,18). The minimum Gasteiger partial charge on any atom is -0.493 e. The number of nitrogens with zero attached hydrogens (tertiary/aromatic N) is 2. The number of fused-ring (bicyclic) bond motifs is 1. The second-order valence-corrected chi connectivity index (χ2v) is 3.61. The summed E-state index contributed by atoms with van der Waals surface area (Å²) in [6, 6.07) is 5.79. The van der Waals surface area contributed by atoms with Crippen molar-refractivity contribution in [1.29, 1.82) is 5.53 Å². The predicted molar refractivity (Wildman–Crippen MR) is 64.1 cm³/mol. The molecule has 7 nitrogen and oxygen atoms in total. The van der Waals surface area contributed by atoms with Crippen LogP contribution in [0.3, 0.4) is 0 Å². The Morgan fingerprint density at radius 2 is 2.06 bits per heavy atom. The third-order valence-corrected chi connectivity index (χ3v) is 2.50. The number of hydrogen-bond donors (Lipinski definition) is 3. The maximum absolute atomic E-state index is 11.5. The largest absolute Gasteiger partial charge is 0.493 e. The SMILES string of the molecule is CC(=O)n1c(O)c(NC(=O)N=N)c2ccccc21. The first kappa shape index (κ1) is 11.8. The number of amides is 2. The van der Waals surface area contributed by atoms with Crippen molar-refractivity contribution in [3.8, 4) is 5.88 Å². The van der Waals surface area contributed by atoms with Gasteiger partial charge in [-0.25, -0.2) is 9.36 Å². The van der Waals surface area contributed by atoms with Gasteiger partial charge in [0.1, 0.15) is 5.69 Å². The van der Waals surface area contributed by atoms with Gasteiger partial charge in [0.2, 0.25) is 11.8 Å². The molecule has 7 heteroatoms. The molecule has 1 aromatic heterocycles. The summed E-state index contributed by atoms with van der Waals surface area (Å²) in [5, 5.41) is 15.4. The molecular formula is C11H10N4O3. The molecule has 92 valence electrons. The smallest absolute Gasteiger partial charge is 0.363 e. The molecule has 18 heavy (non-hydrogen) atoms. The molecule has 0 spiro atoms. The molecule has 0 unspecified atom stereocenters. The monoisotopic (exact) mass is 246 g/mol. The fourth-order valence-corrected chi connectivity index (χ4v) is 1.80. The van der Waals surface area contributed by atoms with Gasteiger partial charge in [-0.05, 0) is 6.07 Å². The molecule has 0 saturated heterocycles. The summed E-state index contributed by atoms with van der Waals surface area (Å²) in [5.74, 6) is -0.757. The Hall–Kier alpha value is -2.70. The molecule has 0 bridgehead atoms. The Morgan fingerprint density at radius 3 is 2.67 bits per heavy atom. The Kier molecular flexibility index (Phi) is 2.80. The molecule has 0 aliphatic rings. The van der Waals surface area contributed by atoms with E-state index < -0.39 is 6.03 Å². The first-order valence-corrected chi connectivity index (χ1v) is 5.08. The van der Waals surface area contributed by atoms with Gasteiger partial charge in [-0.1, -0.05) is 23.3 Å². The minimum atomic E-state index is -0.920. The van der Waals surface area contributed by atoms with Crippen LogP contribution in [0.2, 0.25) is 0 Å². The zero-order chi connectivity index (χ0) is 13.3. The molecule has 1 aromatic carbocycles. The van der Waals surface area contributed by atoms with E-state index in [2.05, 4.69) is 10.4 Å². The Bertz CT molecular complexity index is 660. The van der Waals surface area contributed by atoms with Crippen LogP contribution in [0.5, 0.6) is 5.88 Å². The number of carbonyl (C=O) groups excluding carboxylic acids is 2. The summed E-state index contributed by atoms with van der Waals surface area (Å²) in [5.41, 5.74) is 7.13. The maximum Gasteiger partial charge on any atom is 0.363 e. The molecule has 0 saturated carbocycles. The van der Waals surface area contributed by atoms with E-state index in [1.54, 1.807) is 24.3 Å². The van der Waals surface area contributed by atoms with E-state index in [0.717, 1.165) is 4.57 Å². The number of rotatable bonds is 1. The van der Waals surface area contributed by atoms with Gasteiger partial charge in [-0.15, -0.1) is 0 Å². The number of hydrogen-bond acceptors (Lipinski definition) is 4. The predicted octanol–water partition coefficient (Wildman–Crippen LogP) is 2.57. The molecule has 2 aromatic rings. The van der Waals surface area contributed by atoms with Gasteiger partial charge in [-0.3, -0.25) is 10.1 Å². The zero-order valence-electron chi connectivity index (χ0n) is 9.47. The summed E-state index contributed by atoms with van der Waals surface area (Å²) in [6.45, 7) is 1.30. The number of nitrogens with one attached hydrogen (secondary N) is 2. The third-order valence-electron chi connectivity index (χ3n) is 2.50. The van der Waals surface area contributed by atoms with Crippen LogP contribution in [0, 0.1) is 5.53 Å². The van der Waals surface area contributed by atoms with Crippen LogP contribution in [0.15, 0.2) is 29.4 Å². The van der Waals surface area contributed by atoms with E-state index in [0.29, 0.717) is 10.9 Å². The van der Waals surface area contributed by atoms with E-state index in [1.165, 1.54) is 6.92 Å². The number of benzene rings is 1. The Morgan fingerprint density at radius 1 is 1.39 bits per heavy atom. The van der Waals surface area contributed by atoms with Gasteiger partial charge in [0.25, 0.3) is 0 Å². The van der Waals surface area contributed by atoms with Crippen molar-refractivity contribution in [2.24, 2.45) is 5.11 Å². The zero-order valence-corrected chi connectivity index (χ0v) is 9.47. The molecule has 0 fully saturated rings. The summed E-state index contributed by atoms with van der Waals surface area (Å²) in [6.07, 6.45) is 0. The van der Waals surface area contributed by atoms with Gasteiger partial charge in [0.15, 0.2) is 0 Å². The highest BCUT2D eigenvalue weighted by atomic mass is 16.3. The molecule has 3 N–H and O–H groups in total. The highest BCUT2D eigenvalue weighted by molar-refractivity contribution is 6.07. The highest BCUT2D eigenvalue weighted by Gasteiger charge is 2.19. The van der Waals surface area contributed by atoms with E-state index in [-0.39, 0.29) is 17.5 Å². The maximum atomic E-state index is 11.5. The minimum absolute atomic E-state index is 0.0711. The summed E-state index contributed by atoms with van der Waals surface area (Å²) >= 11 is 0. The second kappa shape index (κ2) is 4.28. The fourth-order valence-electron chi connectivity index (χ4n) is 1.80. The lowest BCUT2D eigenvalue weighted by Gasteiger charge is -2.01. The van der Waals surface area contributed by atoms with Gasteiger partial charge < -0.3 is 5.11 Å². The van der Waals surface area contributed by atoms with Crippen LogP contribution in [-0.4, -0.2) is 21.6 Å². The van der Waals surface area contributed by atoms with Crippen LogP contribution < -0.4 is 5.32 Å². The van der Waals surface area contributed by atoms with Gasteiger partial charge in [0, 0.05) is 12.3 Å². The molecular weight excluding hydrogens is 236 g/mol. The van der Waals surface area contributed by atoms with Crippen LogP contribution >= 0.6 is 0 Å². The third kappa shape index (κ3) is 1.71. The van der Waals surface area contributed by atoms with Crippen molar-refractivity contribution in [3.63, 3.8) is 0 Å². The average Bonchev–Trinajstić information content (AvgIpc) is 2.62. The molecule has 0 atom stereocenters. The van der Waals surface area contributed by atoms with Crippen molar-refractivity contribution in [3.05, 3.63) is 24.3 Å². The summed E-state index contributed by atoms with van der Waals surface area (Å²) in [7, 11) is 0. The van der Waals surface area contributed by atoms with E-state index >= 15 is 0 Å². The van der Waals surface area contributed by atoms with Gasteiger partial charge in [0.05, 0.1) is 5.52 Å². The lowest BCUT2D eigenvalue weighted by molar-refractivity contribution is 0.0933. The quantitative estimate of drug-likeness (QED) is 0.673. The lowest BCUT2D eigenvalue weighted by Crippen LogP contribution is -2.07. The van der Waals surface area contributed by atoms with Crippen LogP contribution in [0.1, 0.15) is 11.7 Å². The number of para-hydroxylation sites is 1. The van der Waals surface area contributed by atoms with Crippen molar-refractivity contribution < 1.29 is 14.7 Å². The topological polar surface area (TPSA) is 108 Å². The van der Waals surface area contributed by atoms with Crippen molar-refractivity contribution >= 4 is 28.5 Å². The highest BCUT2D eigenvalue weighted by Crippen LogP contribution is 2.36. The fraction of sp³-hybridized carbons (Fsp3) is 0.0909. The molecule has 0 aliphatic heterocycles. The van der Waals surface area contributed by atoms with E-state index in [1.807, 2.05) is 0 Å². The van der Waals surface area contributed by atoms with Gasteiger partial charge >= 0.3 is 6.03 Å². The summed E-state index contributed by atoms with van der Waals surface area (Å²) in [4.78, 5) is 22.6. The Balaban J connectivity index is 2.73. The van der Waals surface area contributed by atoms with E-state index in [9.17, 15) is 14.7 Å². The second-order valence-electron chi connectivity index (χ2n) is 3.61. The normalized spacial score (nSPS) is 10.3. The van der Waals surface area contributed by atoms with E-state index in [4.69, 9.17) is 5.53 Å². The number of urea groups is 1. The molecule has 2 amide bonds.